The first-order valence-electron chi connectivity index (χ1n) is 12.2. The van der Waals surface area contributed by atoms with Gasteiger partial charge in [0.15, 0.2) is 0 Å². The highest BCUT2D eigenvalue weighted by atomic mass is 32.1. The molecule has 2 amide bonds. The maximum atomic E-state index is 12.9. The molecular formula is C26H33N5OS. The maximum Gasteiger partial charge on any atom is 0.321 e. The van der Waals surface area contributed by atoms with Crippen LogP contribution in [-0.4, -0.2) is 47.1 Å². The van der Waals surface area contributed by atoms with Crippen molar-refractivity contribution >= 4 is 39.1 Å². The molecule has 174 valence electrons. The summed E-state index contributed by atoms with van der Waals surface area (Å²) in [5, 5.41) is 4.35. The molecule has 1 aliphatic heterocycles. The first-order valence-corrected chi connectivity index (χ1v) is 13.0. The molecule has 1 aliphatic carbocycles. The Kier molecular flexibility index (Phi) is 6.23. The van der Waals surface area contributed by atoms with Crippen molar-refractivity contribution in [3.05, 3.63) is 46.1 Å². The molecule has 0 saturated carbocycles. The summed E-state index contributed by atoms with van der Waals surface area (Å²) in [7, 11) is 0. The van der Waals surface area contributed by atoms with Gasteiger partial charge in [-0.15, -0.1) is 11.3 Å². The van der Waals surface area contributed by atoms with Crippen molar-refractivity contribution in [1.82, 2.24) is 14.9 Å². The number of nitrogens with one attached hydrogen (secondary N) is 1. The molecule has 0 bridgehead atoms. The van der Waals surface area contributed by atoms with Crippen LogP contribution in [0.15, 0.2) is 24.3 Å². The van der Waals surface area contributed by atoms with Gasteiger partial charge in [0.05, 0.1) is 5.39 Å². The van der Waals surface area contributed by atoms with Gasteiger partial charge in [0.1, 0.15) is 16.5 Å². The van der Waals surface area contributed by atoms with E-state index in [4.69, 9.17) is 9.97 Å². The molecule has 0 spiro atoms. The molecule has 1 saturated heterocycles. The number of aromatic nitrogens is 2. The molecular weight excluding hydrogens is 430 g/mol. The van der Waals surface area contributed by atoms with Gasteiger partial charge < -0.3 is 15.1 Å². The first kappa shape index (κ1) is 22.1. The quantitative estimate of drug-likeness (QED) is 0.560. The Balaban J connectivity index is 1.37. The molecule has 33 heavy (non-hydrogen) atoms. The van der Waals surface area contributed by atoms with Crippen LogP contribution in [0.5, 0.6) is 0 Å². The monoisotopic (exact) mass is 463 g/mol. The summed E-state index contributed by atoms with van der Waals surface area (Å²) in [5.41, 5.74) is 3.43. The summed E-state index contributed by atoms with van der Waals surface area (Å²) < 4.78 is 0. The van der Waals surface area contributed by atoms with Gasteiger partial charge in [-0.25, -0.2) is 14.8 Å². The predicted molar refractivity (Wildman–Crippen MR) is 137 cm³/mol. The minimum atomic E-state index is -0.0228. The first-order chi connectivity index (χ1) is 16.0. The number of anilines is 2. The Labute approximate surface area is 200 Å². The van der Waals surface area contributed by atoms with Crippen molar-refractivity contribution < 1.29 is 4.79 Å². The Morgan fingerprint density at radius 2 is 1.97 bits per heavy atom. The number of thiophene rings is 1. The van der Waals surface area contributed by atoms with E-state index in [0.29, 0.717) is 13.1 Å². The Morgan fingerprint density at radius 3 is 2.73 bits per heavy atom. The van der Waals surface area contributed by atoms with Crippen LogP contribution in [0.25, 0.3) is 10.2 Å². The fraction of sp³-hybridized carbons (Fsp3) is 0.500. The molecule has 5 rings (SSSR count). The average molecular weight is 464 g/mol. The average Bonchev–Trinajstić information content (AvgIpc) is 3.17. The number of piperazine rings is 1. The van der Waals surface area contributed by atoms with Crippen molar-refractivity contribution in [2.45, 2.75) is 52.9 Å². The second-order valence-corrected chi connectivity index (χ2v) is 10.5. The number of benzene rings is 1. The molecule has 0 unspecified atom stereocenters. The van der Waals surface area contributed by atoms with Crippen LogP contribution in [0, 0.1) is 12.8 Å². The van der Waals surface area contributed by atoms with E-state index >= 15 is 0 Å². The number of amides is 2. The third-order valence-electron chi connectivity index (χ3n) is 6.91. The number of hydrogen-bond acceptors (Lipinski definition) is 5. The SMILES string of the molecule is CCCc1nc(N2CCN(C(=O)Nc3ccccc3C)CC2)c2c3c(sc2n1)C[C@@H](C)CC3. The third-order valence-corrected chi connectivity index (χ3v) is 8.06. The van der Waals surface area contributed by atoms with Gasteiger partial charge in [-0.3, -0.25) is 0 Å². The van der Waals surface area contributed by atoms with Crippen molar-refractivity contribution in [3.8, 4) is 0 Å². The van der Waals surface area contributed by atoms with Gasteiger partial charge in [-0.2, -0.15) is 0 Å². The molecule has 0 radical (unpaired) electrons. The number of rotatable bonds is 4. The van der Waals surface area contributed by atoms with Crippen LogP contribution in [0.3, 0.4) is 0 Å². The van der Waals surface area contributed by atoms with E-state index in [-0.39, 0.29) is 6.03 Å². The topological polar surface area (TPSA) is 61.4 Å². The zero-order valence-electron chi connectivity index (χ0n) is 19.9. The lowest BCUT2D eigenvalue weighted by Crippen LogP contribution is -2.50. The largest absolute Gasteiger partial charge is 0.352 e. The lowest BCUT2D eigenvalue weighted by atomic mass is 9.89. The maximum absolute atomic E-state index is 12.9. The van der Waals surface area contributed by atoms with Gasteiger partial charge in [0, 0.05) is 43.2 Å². The van der Waals surface area contributed by atoms with Crippen LogP contribution in [0.4, 0.5) is 16.3 Å². The van der Waals surface area contributed by atoms with Crippen LogP contribution >= 0.6 is 11.3 Å². The van der Waals surface area contributed by atoms with Crippen molar-refractivity contribution in [1.29, 1.82) is 0 Å². The minimum absolute atomic E-state index is 0.0228. The summed E-state index contributed by atoms with van der Waals surface area (Å²) in [6, 6.07) is 7.89. The summed E-state index contributed by atoms with van der Waals surface area (Å²) in [4.78, 5) is 29.8. The van der Waals surface area contributed by atoms with E-state index in [1.807, 2.05) is 47.4 Å². The smallest absolute Gasteiger partial charge is 0.321 e. The third kappa shape index (κ3) is 4.43. The molecule has 3 aromatic rings. The molecule has 7 heteroatoms. The number of hydrogen-bond donors (Lipinski definition) is 1. The lowest BCUT2D eigenvalue weighted by molar-refractivity contribution is 0.208. The van der Waals surface area contributed by atoms with Crippen LogP contribution in [0.1, 0.15) is 48.5 Å². The normalized spacial score (nSPS) is 18.5. The second kappa shape index (κ2) is 9.29. The minimum Gasteiger partial charge on any atom is -0.352 e. The lowest BCUT2D eigenvalue weighted by Gasteiger charge is -2.36. The summed E-state index contributed by atoms with van der Waals surface area (Å²) >= 11 is 1.88. The summed E-state index contributed by atoms with van der Waals surface area (Å²) in [5.74, 6) is 2.79. The van der Waals surface area contributed by atoms with Gasteiger partial charge in [0.2, 0.25) is 0 Å². The van der Waals surface area contributed by atoms with Crippen molar-refractivity contribution in [2.24, 2.45) is 5.92 Å². The van der Waals surface area contributed by atoms with E-state index in [2.05, 4.69) is 24.1 Å². The highest BCUT2D eigenvalue weighted by Crippen LogP contribution is 2.41. The van der Waals surface area contributed by atoms with Gasteiger partial charge >= 0.3 is 6.03 Å². The number of carbonyl (C=O) groups excluding carboxylic acids is 1. The highest BCUT2D eigenvalue weighted by Gasteiger charge is 2.28. The molecule has 2 aliphatic rings. The number of fused-ring (bicyclic) bond motifs is 3. The molecule has 2 aromatic heterocycles. The molecule has 6 nitrogen and oxygen atoms in total. The van der Waals surface area contributed by atoms with Crippen molar-refractivity contribution in [3.63, 3.8) is 0 Å². The number of nitrogens with zero attached hydrogens (tertiary/aromatic N) is 4. The summed E-state index contributed by atoms with van der Waals surface area (Å²) in [6.45, 7) is 9.51. The molecule has 1 N–H and O–H groups in total. The van der Waals surface area contributed by atoms with E-state index in [1.54, 1.807) is 0 Å². The zero-order chi connectivity index (χ0) is 22.9. The number of para-hydroxylation sites is 1. The Morgan fingerprint density at radius 1 is 1.18 bits per heavy atom. The standard InChI is InChI=1S/C26H33N5OS/c1-4-7-22-28-24(23-19-11-10-17(2)16-21(19)33-25(23)29-22)30-12-14-31(15-13-30)26(32)27-20-9-6-5-8-18(20)3/h5-6,8-9,17H,4,7,10-16H2,1-3H3,(H,27,32)/t17-/m0/s1. The highest BCUT2D eigenvalue weighted by molar-refractivity contribution is 7.19. The van der Waals surface area contributed by atoms with Gasteiger partial charge in [-0.1, -0.05) is 32.0 Å². The fourth-order valence-corrected chi connectivity index (χ4v) is 6.36. The van der Waals surface area contributed by atoms with E-state index in [0.717, 1.165) is 72.4 Å². The Bertz CT molecular complexity index is 1160. The Hall–Kier alpha value is -2.67. The van der Waals surface area contributed by atoms with Gasteiger partial charge in [-0.05, 0) is 55.7 Å². The van der Waals surface area contributed by atoms with Gasteiger partial charge in [0.25, 0.3) is 0 Å². The van der Waals surface area contributed by atoms with E-state index < -0.39 is 0 Å². The zero-order valence-corrected chi connectivity index (χ0v) is 20.7. The second-order valence-electron chi connectivity index (χ2n) is 9.46. The number of urea groups is 1. The molecule has 1 aromatic carbocycles. The van der Waals surface area contributed by atoms with Crippen LogP contribution < -0.4 is 10.2 Å². The van der Waals surface area contributed by atoms with Crippen LogP contribution in [0.2, 0.25) is 0 Å². The van der Waals surface area contributed by atoms with Crippen LogP contribution in [-0.2, 0) is 19.3 Å². The van der Waals surface area contributed by atoms with E-state index in [9.17, 15) is 4.79 Å². The van der Waals surface area contributed by atoms with E-state index in [1.165, 1.54) is 22.2 Å². The molecule has 3 heterocycles. The number of carbonyl (C=O) groups is 1. The van der Waals surface area contributed by atoms with Crippen molar-refractivity contribution in [2.75, 3.05) is 36.4 Å². The molecule has 1 fully saturated rings. The summed E-state index contributed by atoms with van der Waals surface area (Å²) in [6.07, 6.45) is 5.47. The molecule has 1 atom stereocenters. The predicted octanol–water partition coefficient (Wildman–Crippen LogP) is 5.43. The number of aryl methyl sites for hydroxylation is 3. The fourth-order valence-electron chi connectivity index (χ4n) is 4.96.